The number of hydrogen-bond donors (Lipinski definition) is 5. The first kappa shape index (κ1) is 28.4. The molecule has 10 nitrogen and oxygen atoms in total. The lowest BCUT2D eigenvalue weighted by atomic mass is 9.57. The van der Waals surface area contributed by atoms with E-state index in [0.717, 1.165) is 29.9 Å². The average Bonchev–Trinajstić information content (AvgIpc) is 2.91. The first-order valence-corrected chi connectivity index (χ1v) is 13.7. The van der Waals surface area contributed by atoms with E-state index in [9.17, 15) is 34.8 Å². The van der Waals surface area contributed by atoms with Crippen LogP contribution >= 0.6 is 0 Å². The summed E-state index contributed by atoms with van der Waals surface area (Å²) in [5, 5.41) is 45.1. The summed E-state index contributed by atoms with van der Waals surface area (Å²) in [6.45, 7) is 5.78. The number of phenolic OH excluding ortho intramolecular Hbond substituents is 1. The molecule has 216 valence electrons. The van der Waals surface area contributed by atoms with Gasteiger partial charge in [0, 0.05) is 30.3 Å². The number of fused-ring (bicyclic) bond motifs is 3. The molecule has 0 bridgehead atoms. The minimum atomic E-state index is -2.66. The number of amides is 1. The van der Waals surface area contributed by atoms with Crippen LogP contribution < -0.4 is 10.6 Å². The molecule has 4 atom stereocenters. The number of nitrogens with two attached hydrogens (primary N) is 1. The Balaban J connectivity index is 1.70. The molecule has 6 N–H and O–H groups in total. The molecule has 0 aliphatic heterocycles. The Bertz CT molecular complexity index is 1540. The summed E-state index contributed by atoms with van der Waals surface area (Å²) >= 11 is 0. The first-order valence-electron chi connectivity index (χ1n) is 13.7. The molecular formula is C31H35N3O7. The third-order valence-corrected chi connectivity index (χ3v) is 8.89. The first-order chi connectivity index (χ1) is 19.4. The van der Waals surface area contributed by atoms with E-state index in [-0.39, 0.29) is 29.7 Å². The summed E-state index contributed by atoms with van der Waals surface area (Å²) in [5.74, 6) is -6.65. The van der Waals surface area contributed by atoms with Crippen molar-refractivity contribution in [3.05, 3.63) is 64.4 Å². The van der Waals surface area contributed by atoms with Crippen molar-refractivity contribution in [3.63, 3.8) is 0 Å². The summed E-state index contributed by atoms with van der Waals surface area (Å²) < 4.78 is 0. The number of Topliss-reactive ketones (excluding diaryl/α,β-unsaturated/α-hetero) is 2. The Labute approximate surface area is 238 Å². The van der Waals surface area contributed by atoms with Crippen LogP contribution in [0.25, 0.3) is 16.9 Å². The second-order valence-electron chi connectivity index (χ2n) is 11.2. The van der Waals surface area contributed by atoms with Crippen molar-refractivity contribution in [2.45, 2.75) is 38.3 Å². The lowest BCUT2D eigenvalue weighted by Crippen LogP contribution is -2.65. The van der Waals surface area contributed by atoms with E-state index in [4.69, 9.17) is 5.73 Å². The predicted molar refractivity (Wildman–Crippen MR) is 153 cm³/mol. The summed E-state index contributed by atoms with van der Waals surface area (Å²) in [7, 11) is 3.15. The van der Waals surface area contributed by atoms with Crippen LogP contribution in [0.3, 0.4) is 0 Å². The number of carbonyl (C=O) groups excluding carboxylic acids is 3. The van der Waals surface area contributed by atoms with Gasteiger partial charge in [-0.1, -0.05) is 18.2 Å². The van der Waals surface area contributed by atoms with Crippen molar-refractivity contribution in [1.29, 1.82) is 0 Å². The second-order valence-corrected chi connectivity index (χ2v) is 11.2. The van der Waals surface area contributed by atoms with Gasteiger partial charge >= 0.3 is 0 Å². The quantitative estimate of drug-likeness (QED) is 0.333. The fourth-order valence-electron chi connectivity index (χ4n) is 6.97. The number of ketones is 2. The van der Waals surface area contributed by atoms with Crippen molar-refractivity contribution in [2.75, 3.05) is 32.1 Å². The van der Waals surface area contributed by atoms with Crippen LogP contribution in [0.4, 0.5) is 5.69 Å². The average molecular weight is 562 g/mol. The molecule has 2 aromatic rings. The molecule has 0 saturated heterocycles. The van der Waals surface area contributed by atoms with Crippen LogP contribution in [0.1, 0.15) is 31.4 Å². The van der Waals surface area contributed by atoms with Gasteiger partial charge in [0.2, 0.25) is 5.78 Å². The Kier molecular flexibility index (Phi) is 6.95. The molecule has 0 radical (unpaired) electrons. The zero-order valence-corrected chi connectivity index (χ0v) is 23.5. The fourth-order valence-corrected chi connectivity index (χ4v) is 6.97. The molecule has 0 unspecified atom stereocenters. The van der Waals surface area contributed by atoms with Gasteiger partial charge in [-0.15, -0.1) is 0 Å². The number of primary amides is 1. The zero-order valence-electron chi connectivity index (χ0n) is 23.5. The smallest absolute Gasteiger partial charge is 0.255 e. The van der Waals surface area contributed by atoms with E-state index in [1.807, 2.05) is 24.3 Å². The highest BCUT2D eigenvalue weighted by atomic mass is 16.3. The summed E-state index contributed by atoms with van der Waals surface area (Å²) in [6, 6.07) is 10.0. The van der Waals surface area contributed by atoms with Gasteiger partial charge in [-0.2, -0.15) is 0 Å². The van der Waals surface area contributed by atoms with Gasteiger partial charge in [-0.25, -0.2) is 0 Å². The Morgan fingerprint density at radius 1 is 1.07 bits per heavy atom. The lowest BCUT2D eigenvalue weighted by molar-refractivity contribution is -0.153. The molecule has 1 amide bonds. The van der Waals surface area contributed by atoms with E-state index in [1.165, 1.54) is 11.0 Å². The highest BCUT2D eigenvalue weighted by molar-refractivity contribution is 6.24. The standard InChI is InChI=1S/C31H35N3O7/c1-5-34(6-2)17-9-7-8-15(12-17)18-10-11-21(35)23-19(18)13-16-14-20-25(33(3)4)27(37)24(30(32)40)29(39)31(20,41)28(38)22(16)26(23)36/h7-12,16,20,25,35-36,39,41H,5-6,13-14H2,1-4H3,(H2,32,40)/t16-,20-,25-,31-/m0/s1. The van der Waals surface area contributed by atoms with E-state index in [2.05, 4.69) is 18.7 Å². The maximum Gasteiger partial charge on any atom is 0.255 e. The molecule has 0 spiro atoms. The van der Waals surface area contributed by atoms with Crippen molar-refractivity contribution in [1.82, 2.24) is 4.90 Å². The topological polar surface area (TPSA) is 165 Å². The minimum Gasteiger partial charge on any atom is -0.508 e. The van der Waals surface area contributed by atoms with E-state index < -0.39 is 58.0 Å². The van der Waals surface area contributed by atoms with Gasteiger partial charge < -0.3 is 31.1 Å². The highest BCUT2D eigenvalue weighted by Gasteiger charge is 2.64. The summed E-state index contributed by atoms with van der Waals surface area (Å²) in [6.07, 6.45) is 0.272. The number of anilines is 1. The number of benzene rings is 2. The largest absolute Gasteiger partial charge is 0.508 e. The number of aliphatic hydroxyl groups is 3. The number of rotatable bonds is 6. The van der Waals surface area contributed by atoms with Crippen LogP contribution in [-0.4, -0.2) is 81.6 Å². The van der Waals surface area contributed by atoms with Crippen LogP contribution in [-0.2, 0) is 20.8 Å². The number of carbonyl (C=O) groups is 3. The molecule has 5 rings (SSSR count). The maximum absolute atomic E-state index is 14.0. The minimum absolute atomic E-state index is 0.0420. The lowest BCUT2D eigenvalue weighted by Gasteiger charge is -2.50. The van der Waals surface area contributed by atoms with Crippen molar-refractivity contribution < 1.29 is 34.8 Å². The summed E-state index contributed by atoms with van der Waals surface area (Å²) in [4.78, 5) is 43.1. The molecule has 1 fully saturated rings. The van der Waals surface area contributed by atoms with Gasteiger partial charge in [0.15, 0.2) is 11.4 Å². The number of aliphatic hydroxyl groups excluding tert-OH is 2. The third-order valence-electron chi connectivity index (χ3n) is 8.89. The van der Waals surface area contributed by atoms with E-state index in [1.54, 1.807) is 20.2 Å². The molecular weight excluding hydrogens is 526 g/mol. The monoisotopic (exact) mass is 561 g/mol. The zero-order chi connectivity index (χ0) is 30.0. The van der Waals surface area contributed by atoms with Crippen molar-refractivity contribution >= 4 is 28.9 Å². The Morgan fingerprint density at radius 3 is 2.37 bits per heavy atom. The molecule has 2 aromatic carbocycles. The van der Waals surface area contributed by atoms with E-state index >= 15 is 0 Å². The molecule has 0 aromatic heterocycles. The molecule has 0 heterocycles. The van der Waals surface area contributed by atoms with Gasteiger partial charge in [0.25, 0.3) is 5.91 Å². The number of likely N-dealkylation sites (N-methyl/N-ethyl adjacent to an activating group) is 1. The molecule has 3 aliphatic carbocycles. The Hall–Kier alpha value is -4.15. The van der Waals surface area contributed by atoms with Crippen LogP contribution in [0.5, 0.6) is 5.75 Å². The van der Waals surface area contributed by atoms with Crippen LogP contribution in [0.2, 0.25) is 0 Å². The molecule has 3 aliphatic rings. The van der Waals surface area contributed by atoms with Gasteiger partial charge in [-0.05, 0) is 81.6 Å². The highest BCUT2D eigenvalue weighted by Crippen LogP contribution is 2.53. The number of nitrogens with zero attached hydrogens (tertiary/aromatic N) is 2. The number of phenols is 1. The SMILES string of the molecule is CCN(CC)c1cccc(-c2ccc(O)c3c2C[C@H]2C[C@H]4[C@H](N(C)C)C(=O)C(C(N)=O)=C(O)[C@@]4(O)C(=O)C2=C3O)c1. The predicted octanol–water partition coefficient (Wildman–Crippen LogP) is 2.48. The molecule has 10 heteroatoms. The van der Waals surface area contributed by atoms with Crippen molar-refractivity contribution in [3.8, 4) is 16.9 Å². The van der Waals surface area contributed by atoms with Crippen molar-refractivity contribution in [2.24, 2.45) is 17.6 Å². The van der Waals surface area contributed by atoms with Crippen LogP contribution in [0, 0.1) is 11.8 Å². The third kappa shape index (κ3) is 4.04. The molecule has 41 heavy (non-hydrogen) atoms. The second kappa shape index (κ2) is 10.0. The van der Waals surface area contributed by atoms with Gasteiger partial charge in [0.05, 0.1) is 11.6 Å². The normalized spacial score (nSPS) is 25.7. The maximum atomic E-state index is 14.0. The van der Waals surface area contributed by atoms with E-state index in [0.29, 0.717) is 5.56 Å². The number of aromatic hydroxyl groups is 1. The fraction of sp³-hybridized carbons (Fsp3) is 0.387. The Morgan fingerprint density at radius 2 is 1.76 bits per heavy atom. The van der Waals surface area contributed by atoms with Crippen LogP contribution in [0.15, 0.2) is 53.3 Å². The number of hydrogen-bond acceptors (Lipinski definition) is 9. The van der Waals surface area contributed by atoms with Gasteiger partial charge in [0.1, 0.15) is 22.8 Å². The van der Waals surface area contributed by atoms with Gasteiger partial charge in [-0.3, -0.25) is 19.3 Å². The molecule has 1 saturated carbocycles. The summed E-state index contributed by atoms with van der Waals surface area (Å²) in [5.41, 5.74) is 5.10.